The minimum atomic E-state index is 0.132. The van der Waals surface area contributed by atoms with Crippen LogP contribution in [0.15, 0.2) is 34.2 Å². The summed E-state index contributed by atoms with van der Waals surface area (Å²) in [6.07, 6.45) is 1.60. The van der Waals surface area contributed by atoms with Gasteiger partial charge in [-0.3, -0.25) is 0 Å². The molecule has 0 spiro atoms. The smallest absolute Gasteiger partial charge is 0.268 e. The van der Waals surface area contributed by atoms with Crippen molar-refractivity contribution in [2.45, 2.75) is 0 Å². The van der Waals surface area contributed by atoms with Crippen molar-refractivity contribution in [3.63, 3.8) is 0 Å². The van der Waals surface area contributed by atoms with Crippen molar-refractivity contribution in [1.82, 2.24) is 10.1 Å². The average Bonchev–Trinajstić information content (AvgIpc) is 3.36. The van der Waals surface area contributed by atoms with E-state index in [1.165, 1.54) is 32.7 Å². The number of benzene rings is 1. The zero-order valence-electron chi connectivity index (χ0n) is 14.3. The van der Waals surface area contributed by atoms with Crippen molar-refractivity contribution in [3.05, 3.63) is 41.1 Å². The Morgan fingerprint density at radius 3 is 2.50 bits per heavy atom. The van der Waals surface area contributed by atoms with Crippen LogP contribution in [0.1, 0.15) is 11.5 Å². The van der Waals surface area contributed by atoms with E-state index in [1.54, 1.807) is 18.2 Å². The lowest BCUT2D eigenvalue weighted by molar-refractivity contribution is 0.348. The van der Waals surface area contributed by atoms with Gasteiger partial charge in [0.05, 0.1) is 26.2 Å². The quantitative estimate of drug-likeness (QED) is 0.609. The molecule has 1 aromatic carbocycles. The molecule has 0 saturated heterocycles. The lowest BCUT2D eigenvalue weighted by Gasteiger charge is -2.12. The van der Waals surface area contributed by atoms with Gasteiger partial charge >= 0.3 is 0 Å². The molecule has 0 aliphatic carbocycles. The highest BCUT2D eigenvalue weighted by molar-refractivity contribution is 7.13. The summed E-state index contributed by atoms with van der Waals surface area (Å²) < 4.78 is 21.2. The lowest BCUT2D eigenvalue weighted by atomic mass is 10.1. The van der Waals surface area contributed by atoms with Gasteiger partial charge in [0.2, 0.25) is 5.82 Å². The van der Waals surface area contributed by atoms with E-state index in [0.717, 1.165) is 4.88 Å². The average molecular weight is 369 g/mol. The molecule has 3 rings (SSSR count). The minimum Gasteiger partial charge on any atom is -0.496 e. The largest absolute Gasteiger partial charge is 0.496 e. The SMILES string of the molecule is COc1cc(OC)c(OC)cc1/C=C(\C#N)c1nc(-c2cccs2)no1. The van der Waals surface area contributed by atoms with E-state index < -0.39 is 0 Å². The molecule has 0 atom stereocenters. The van der Waals surface area contributed by atoms with Crippen LogP contribution in [-0.4, -0.2) is 31.5 Å². The number of ether oxygens (including phenoxy) is 3. The Hall–Kier alpha value is -3.31. The van der Waals surface area contributed by atoms with E-state index >= 15 is 0 Å². The van der Waals surface area contributed by atoms with Crippen molar-refractivity contribution in [3.8, 4) is 34.0 Å². The van der Waals surface area contributed by atoms with Crippen molar-refractivity contribution < 1.29 is 18.7 Å². The molecule has 2 aromatic heterocycles. The van der Waals surface area contributed by atoms with Crippen LogP contribution in [0.25, 0.3) is 22.4 Å². The number of aromatic nitrogens is 2. The van der Waals surface area contributed by atoms with Crippen molar-refractivity contribution in [1.29, 1.82) is 5.26 Å². The second kappa shape index (κ2) is 7.72. The summed E-state index contributed by atoms with van der Waals surface area (Å²) in [7, 11) is 4.61. The molecule has 0 radical (unpaired) electrons. The van der Waals surface area contributed by atoms with E-state index in [9.17, 15) is 5.26 Å². The zero-order chi connectivity index (χ0) is 18.5. The highest BCUT2D eigenvalue weighted by atomic mass is 32.1. The number of rotatable bonds is 6. The molecular weight excluding hydrogens is 354 g/mol. The van der Waals surface area contributed by atoms with E-state index in [-0.39, 0.29) is 11.5 Å². The normalized spacial score (nSPS) is 11.1. The number of hydrogen-bond donors (Lipinski definition) is 0. The third-order valence-corrected chi connectivity index (χ3v) is 4.42. The molecule has 2 heterocycles. The number of nitrogens with zero attached hydrogens (tertiary/aromatic N) is 3. The first kappa shape index (κ1) is 17.5. The molecule has 0 bridgehead atoms. The summed E-state index contributed by atoms with van der Waals surface area (Å²) in [6.45, 7) is 0. The standard InChI is InChI=1S/C18H15N3O4S/c1-22-13-9-15(24-3)14(23-2)8-11(13)7-12(10-19)18-20-17(21-25-18)16-5-4-6-26-16/h4-9H,1-3H3/b12-7+. The Kier molecular flexibility index (Phi) is 5.20. The monoisotopic (exact) mass is 369 g/mol. The molecule has 0 unspecified atom stereocenters. The summed E-state index contributed by atoms with van der Waals surface area (Å²) in [5.41, 5.74) is 0.836. The number of thiophene rings is 1. The van der Waals surface area contributed by atoms with Gasteiger partial charge in [-0.25, -0.2) is 0 Å². The van der Waals surface area contributed by atoms with Crippen molar-refractivity contribution in [2.75, 3.05) is 21.3 Å². The first-order valence-electron chi connectivity index (χ1n) is 7.50. The molecular formula is C18H15N3O4S. The molecule has 0 aliphatic heterocycles. The van der Waals surface area contributed by atoms with Crippen LogP contribution in [0.3, 0.4) is 0 Å². The minimum absolute atomic E-state index is 0.132. The third kappa shape index (κ3) is 3.38. The maximum atomic E-state index is 9.53. The summed E-state index contributed by atoms with van der Waals surface area (Å²) >= 11 is 1.49. The maximum Gasteiger partial charge on any atom is 0.268 e. The van der Waals surface area contributed by atoms with Crippen LogP contribution in [0.5, 0.6) is 17.2 Å². The molecule has 132 valence electrons. The Bertz CT molecular complexity index is 971. The van der Waals surface area contributed by atoms with Crippen LogP contribution >= 0.6 is 11.3 Å². The van der Waals surface area contributed by atoms with Gasteiger partial charge in [-0.1, -0.05) is 11.2 Å². The number of hydrogen-bond acceptors (Lipinski definition) is 8. The van der Waals surface area contributed by atoms with Crippen LogP contribution in [0, 0.1) is 11.3 Å². The molecule has 0 amide bonds. The van der Waals surface area contributed by atoms with E-state index in [0.29, 0.717) is 28.6 Å². The van der Waals surface area contributed by atoms with Crippen molar-refractivity contribution >= 4 is 23.0 Å². The van der Waals surface area contributed by atoms with Gasteiger partial charge < -0.3 is 18.7 Å². The molecule has 8 heteroatoms. The number of methoxy groups -OCH3 is 3. The van der Waals surface area contributed by atoms with Gasteiger partial charge in [-0.05, 0) is 23.6 Å². The van der Waals surface area contributed by atoms with Gasteiger partial charge in [-0.15, -0.1) is 11.3 Å². The molecule has 3 aromatic rings. The van der Waals surface area contributed by atoms with E-state index in [2.05, 4.69) is 16.2 Å². The molecule has 26 heavy (non-hydrogen) atoms. The van der Waals surface area contributed by atoms with Gasteiger partial charge in [0.15, 0.2) is 11.5 Å². The van der Waals surface area contributed by atoms with Crippen LogP contribution < -0.4 is 14.2 Å². The van der Waals surface area contributed by atoms with Gasteiger partial charge in [0, 0.05) is 11.6 Å². The van der Waals surface area contributed by atoms with Gasteiger partial charge in [-0.2, -0.15) is 10.2 Å². The Morgan fingerprint density at radius 2 is 1.88 bits per heavy atom. The molecule has 7 nitrogen and oxygen atoms in total. The lowest BCUT2D eigenvalue weighted by Crippen LogP contribution is -1.95. The van der Waals surface area contributed by atoms with Crippen LogP contribution in [-0.2, 0) is 0 Å². The molecule has 0 fully saturated rings. The fraction of sp³-hybridized carbons (Fsp3) is 0.167. The second-order valence-corrected chi connectivity index (χ2v) is 5.97. The van der Waals surface area contributed by atoms with E-state index in [4.69, 9.17) is 18.7 Å². The van der Waals surface area contributed by atoms with Gasteiger partial charge in [0.1, 0.15) is 17.4 Å². The van der Waals surface area contributed by atoms with Crippen LogP contribution in [0.4, 0.5) is 0 Å². The molecule has 0 saturated carbocycles. The number of allylic oxidation sites excluding steroid dienone is 1. The maximum absolute atomic E-state index is 9.53. The predicted molar refractivity (Wildman–Crippen MR) is 97.2 cm³/mol. The highest BCUT2D eigenvalue weighted by Crippen LogP contribution is 2.36. The van der Waals surface area contributed by atoms with Crippen molar-refractivity contribution in [2.24, 2.45) is 0 Å². The summed E-state index contributed by atoms with van der Waals surface area (Å²) in [4.78, 5) is 5.16. The molecule has 0 N–H and O–H groups in total. The summed E-state index contributed by atoms with van der Waals surface area (Å²) in [6, 6.07) is 9.26. The first-order chi connectivity index (χ1) is 12.7. The van der Waals surface area contributed by atoms with E-state index in [1.807, 2.05) is 17.5 Å². The fourth-order valence-electron chi connectivity index (χ4n) is 2.30. The first-order valence-corrected chi connectivity index (χ1v) is 8.38. The number of nitriles is 1. The fourth-order valence-corrected chi connectivity index (χ4v) is 2.95. The topological polar surface area (TPSA) is 90.4 Å². The van der Waals surface area contributed by atoms with Crippen LogP contribution in [0.2, 0.25) is 0 Å². The Balaban J connectivity index is 2.03. The summed E-state index contributed by atoms with van der Waals surface area (Å²) in [5.74, 6) is 2.14. The van der Waals surface area contributed by atoms with Gasteiger partial charge in [0.25, 0.3) is 5.89 Å². The zero-order valence-corrected chi connectivity index (χ0v) is 15.2. The second-order valence-electron chi connectivity index (χ2n) is 5.02. The molecule has 0 aliphatic rings. The Labute approximate surface area is 154 Å². The summed E-state index contributed by atoms with van der Waals surface area (Å²) in [5, 5.41) is 15.4. The Morgan fingerprint density at radius 1 is 1.15 bits per heavy atom. The third-order valence-electron chi connectivity index (χ3n) is 3.55. The highest BCUT2D eigenvalue weighted by Gasteiger charge is 2.16. The predicted octanol–water partition coefficient (Wildman–Crippen LogP) is 3.89.